The van der Waals surface area contributed by atoms with Crippen molar-refractivity contribution in [1.82, 2.24) is 29.5 Å². The fourth-order valence-electron chi connectivity index (χ4n) is 3.36. The van der Waals surface area contributed by atoms with E-state index in [1.165, 1.54) is 25.7 Å². The minimum Gasteiger partial charge on any atom is -0.335 e. The average molecular weight is 284 g/mol. The summed E-state index contributed by atoms with van der Waals surface area (Å²) in [6.07, 6.45) is 8.81. The highest BCUT2D eigenvalue weighted by Gasteiger charge is 2.22. The predicted octanol–water partition coefficient (Wildman–Crippen LogP) is 3.07. The number of H-pyrrole nitrogens is 1. The lowest BCUT2D eigenvalue weighted by atomic mass is 10.2. The van der Waals surface area contributed by atoms with E-state index in [-0.39, 0.29) is 0 Å². The number of fused-ring (bicyclic) bond motifs is 1. The first kappa shape index (κ1) is 12.6. The van der Waals surface area contributed by atoms with Gasteiger partial charge in [0.15, 0.2) is 5.65 Å². The summed E-state index contributed by atoms with van der Waals surface area (Å²) in [5, 5.41) is 8.92. The van der Waals surface area contributed by atoms with Gasteiger partial charge in [-0.3, -0.25) is 4.68 Å². The van der Waals surface area contributed by atoms with Crippen LogP contribution >= 0.6 is 0 Å². The minimum atomic E-state index is 0.512. The molecule has 1 aliphatic rings. The third kappa shape index (κ3) is 1.89. The monoisotopic (exact) mass is 284 g/mol. The molecule has 0 bridgehead atoms. The topological polar surface area (TPSA) is 64.3 Å². The van der Waals surface area contributed by atoms with Crippen LogP contribution in [0.4, 0.5) is 0 Å². The van der Waals surface area contributed by atoms with Crippen LogP contribution in [0.3, 0.4) is 0 Å². The molecule has 0 radical (unpaired) electrons. The molecule has 6 nitrogen and oxygen atoms in total. The summed E-state index contributed by atoms with van der Waals surface area (Å²) in [7, 11) is 0. The van der Waals surface area contributed by atoms with Crippen molar-refractivity contribution in [2.45, 2.75) is 52.1 Å². The Hall–Kier alpha value is -2.11. The normalized spacial score (nSPS) is 16.3. The number of aromatic amines is 1. The lowest BCUT2D eigenvalue weighted by Crippen LogP contribution is -2.06. The van der Waals surface area contributed by atoms with Crippen LogP contribution < -0.4 is 0 Å². The molecule has 1 saturated carbocycles. The fraction of sp³-hybridized carbons (Fsp3) is 0.533. The Bertz CT molecular complexity index is 771. The SMILES string of the molecule is CCn1ncc(-c2nc3c(cnn3C3CCCC3)[nH]2)c1C. The molecule has 0 aromatic carbocycles. The van der Waals surface area contributed by atoms with Gasteiger partial charge in [0.2, 0.25) is 0 Å². The zero-order chi connectivity index (χ0) is 14.4. The average Bonchev–Trinajstić information content (AvgIpc) is 3.20. The molecule has 0 saturated heterocycles. The molecule has 3 aromatic rings. The van der Waals surface area contributed by atoms with Crippen LogP contribution in [0.1, 0.15) is 44.3 Å². The third-order valence-electron chi connectivity index (χ3n) is 4.57. The largest absolute Gasteiger partial charge is 0.335 e. The number of aromatic nitrogens is 6. The van der Waals surface area contributed by atoms with E-state index in [0.29, 0.717) is 6.04 Å². The van der Waals surface area contributed by atoms with Gasteiger partial charge in [0.25, 0.3) is 0 Å². The molecule has 1 fully saturated rings. The second-order valence-corrected chi connectivity index (χ2v) is 5.81. The van der Waals surface area contributed by atoms with Crippen LogP contribution in [0.15, 0.2) is 12.4 Å². The van der Waals surface area contributed by atoms with Gasteiger partial charge in [-0.1, -0.05) is 12.8 Å². The van der Waals surface area contributed by atoms with Crippen molar-refractivity contribution in [3.63, 3.8) is 0 Å². The van der Waals surface area contributed by atoms with Crippen molar-refractivity contribution < 1.29 is 0 Å². The lowest BCUT2D eigenvalue weighted by molar-refractivity contribution is 0.479. The second kappa shape index (κ2) is 4.72. The number of aryl methyl sites for hydroxylation is 1. The number of hydrogen-bond acceptors (Lipinski definition) is 3. The number of imidazole rings is 1. The summed E-state index contributed by atoms with van der Waals surface area (Å²) < 4.78 is 4.09. The van der Waals surface area contributed by atoms with E-state index < -0.39 is 0 Å². The molecule has 4 rings (SSSR count). The molecule has 0 aliphatic heterocycles. The number of nitrogens with zero attached hydrogens (tertiary/aromatic N) is 5. The molecular formula is C15H20N6. The van der Waals surface area contributed by atoms with E-state index in [1.807, 2.05) is 17.1 Å². The third-order valence-corrected chi connectivity index (χ3v) is 4.57. The van der Waals surface area contributed by atoms with Crippen LogP contribution in [-0.2, 0) is 6.54 Å². The van der Waals surface area contributed by atoms with Crippen LogP contribution in [0, 0.1) is 6.92 Å². The van der Waals surface area contributed by atoms with E-state index >= 15 is 0 Å². The van der Waals surface area contributed by atoms with Gasteiger partial charge in [-0.05, 0) is 26.7 Å². The maximum absolute atomic E-state index is 4.79. The lowest BCUT2D eigenvalue weighted by Gasteiger charge is -2.08. The Morgan fingerprint density at radius 3 is 2.76 bits per heavy atom. The van der Waals surface area contributed by atoms with Crippen LogP contribution in [0.5, 0.6) is 0 Å². The van der Waals surface area contributed by atoms with Crippen molar-refractivity contribution in [3.8, 4) is 11.4 Å². The summed E-state index contributed by atoms with van der Waals surface area (Å²) in [6, 6.07) is 0.512. The van der Waals surface area contributed by atoms with E-state index in [2.05, 4.69) is 33.7 Å². The molecule has 1 N–H and O–H groups in total. The molecule has 3 aromatic heterocycles. The smallest absolute Gasteiger partial charge is 0.177 e. The van der Waals surface area contributed by atoms with Crippen LogP contribution in [0.25, 0.3) is 22.6 Å². The molecule has 0 spiro atoms. The maximum atomic E-state index is 4.79. The Balaban J connectivity index is 1.78. The first-order valence-electron chi connectivity index (χ1n) is 7.74. The van der Waals surface area contributed by atoms with Gasteiger partial charge >= 0.3 is 0 Å². The molecule has 6 heteroatoms. The van der Waals surface area contributed by atoms with Crippen molar-refractivity contribution in [1.29, 1.82) is 0 Å². The van der Waals surface area contributed by atoms with E-state index in [9.17, 15) is 0 Å². The van der Waals surface area contributed by atoms with Gasteiger partial charge in [0, 0.05) is 12.2 Å². The standard InChI is InChI=1S/C15H20N6/c1-3-20-10(2)12(8-16-20)14-18-13-9-17-21(15(13)19-14)11-6-4-5-7-11/h8-9,11H,3-7H2,1-2H3,(H,18,19). The fourth-order valence-corrected chi connectivity index (χ4v) is 3.36. The van der Waals surface area contributed by atoms with Crippen LogP contribution in [-0.4, -0.2) is 29.5 Å². The summed E-state index contributed by atoms with van der Waals surface area (Å²) in [4.78, 5) is 8.17. The minimum absolute atomic E-state index is 0.512. The maximum Gasteiger partial charge on any atom is 0.177 e. The van der Waals surface area contributed by atoms with Gasteiger partial charge in [-0.25, -0.2) is 9.67 Å². The van der Waals surface area contributed by atoms with E-state index in [4.69, 9.17) is 4.98 Å². The number of rotatable bonds is 3. The first-order valence-corrected chi connectivity index (χ1v) is 7.74. The highest BCUT2D eigenvalue weighted by molar-refractivity contribution is 5.76. The highest BCUT2D eigenvalue weighted by Crippen LogP contribution is 2.32. The van der Waals surface area contributed by atoms with Crippen molar-refractivity contribution in [3.05, 3.63) is 18.1 Å². The van der Waals surface area contributed by atoms with Gasteiger partial charge in [0.1, 0.15) is 11.3 Å². The summed E-state index contributed by atoms with van der Waals surface area (Å²) >= 11 is 0. The molecule has 0 amide bonds. The van der Waals surface area contributed by atoms with E-state index in [1.54, 1.807) is 0 Å². The first-order chi connectivity index (χ1) is 10.3. The number of nitrogens with one attached hydrogen (secondary N) is 1. The molecule has 110 valence electrons. The molecular weight excluding hydrogens is 264 g/mol. The zero-order valence-corrected chi connectivity index (χ0v) is 12.5. The van der Waals surface area contributed by atoms with Gasteiger partial charge in [-0.2, -0.15) is 10.2 Å². The Kier molecular flexibility index (Phi) is 2.83. The molecule has 21 heavy (non-hydrogen) atoms. The molecule has 0 unspecified atom stereocenters. The van der Waals surface area contributed by atoms with Gasteiger partial charge in [-0.15, -0.1) is 0 Å². The summed E-state index contributed by atoms with van der Waals surface area (Å²) in [5.74, 6) is 0.895. The highest BCUT2D eigenvalue weighted by atomic mass is 15.3. The molecule has 3 heterocycles. The second-order valence-electron chi connectivity index (χ2n) is 5.81. The quantitative estimate of drug-likeness (QED) is 0.804. The van der Waals surface area contributed by atoms with Crippen molar-refractivity contribution in [2.24, 2.45) is 0 Å². The number of hydrogen-bond donors (Lipinski definition) is 1. The summed E-state index contributed by atoms with van der Waals surface area (Å²) in [6.45, 7) is 5.06. The van der Waals surface area contributed by atoms with Crippen molar-refractivity contribution in [2.75, 3.05) is 0 Å². The Labute approximate surface area is 123 Å². The molecule has 0 atom stereocenters. The van der Waals surface area contributed by atoms with E-state index in [0.717, 1.165) is 34.8 Å². The Morgan fingerprint density at radius 1 is 1.24 bits per heavy atom. The summed E-state index contributed by atoms with van der Waals surface area (Å²) in [5.41, 5.74) is 4.21. The van der Waals surface area contributed by atoms with Crippen LogP contribution in [0.2, 0.25) is 0 Å². The Morgan fingerprint density at radius 2 is 2.05 bits per heavy atom. The molecule has 1 aliphatic carbocycles. The van der Waals surface area contributed by atoms with Crippen molar-refractivity contribution >= 4 is 11.2 Å². The van der Waals surface area contributed by atoms with Gasteiger partial charge < -0.3 is 4.98 Å². The zero-order valence-electron chi connectivity index (χ0n) is 12.5. The van der Waals surface area contributed by atoms with Gasteiger partial charge in [0.05, 0.1) is 24.0 Å². The predicted molar refractivity (Wildman–Crippen MR) is 81.0 cm³/mol.